The predicted octanol–water partition coefficient (Wildman–Crippen LogP) is 1.39. The van der Waals surface area contributed by atoms with Crippen LogP contribution in [0, 0.1) is 5.92 Å². The lowest BCUT2D eigenvalue weighted by Gasteiger charge is -2.21. The van der Waals surface area contributed by atoms with Crippen molar-refractivity contribution >= 4 is 27.1 Å². The molecule has 0 spiro atoms. The third-order valence-electron chi connectivity index (χ3n) is 3.37. The van der Waals surface area contributed by atoms with Gasteiger partial charge in [-0.1, -0.05) is 32.1 Å². The van der Waals surface area contributed by atoms with Gasteiger partial charge in [-0.3, -0.25) is 4.79 Å². The summed E-state index contributed by atoms with van der Waals surface area (Å²) < 4.78 is 23.1. The number of hydrogen-bond donors (Lipinski definition) is 1. The minimum absolute atomic E-state index is 0.00251. The summed E-state index contributed by atoms with van der Waals surface area (Å²) in [7, 11) is -2.94. The summed E-state index contributed by atoms with van der Waals surface area (Å²) >= 11 is 1.28. The summed E-state index contributed by atoms with van der Waals surface area (Å²) in [6.45, 7) is 6.43. The van der Waals surface area contributed by atoms with Crippen molar-refractivity contribution in [2.24, 2.45) is 5.92 Å². The lowest BCUT2D eigenvalue weighted by Crippen LogP contribution is -2.35. The topological polar surface area (TPSA) is 89.0 Å². The number of sulfone groups is 1. The highest BCUT2D eigenvalue weighted by molar-refractivity contribution is 7.91. The van der Waals surface area contributed by atoms with Crippen molar-refractivity contribution in [1.29, 1.82) is 0 Å². The number of nitrogens with zero attached hydrogens (tertiary/aromatic N) is 2. The van der Waals surface area contributed by atoms with Gasteiger partial charge in [0.15, 0.2) is 9.84 Å². The lowest BCUT2D eigenvalue weighted by atomic mass is 9.98. The molecule has 6 nitrogen and oxygen atoms in total. The van der Waals surface area contributed by atoms with E-state index in [1.807, 2.05) is 20.8 Å². The molecule has 2 heterocycles. The van der Waals surface area contributed by atoms with E-state index in [4.69, 9.17) is 0 Å². The Morgan fingerprint density at radius 3 is 2.67 bits per heavy atom. The Kier molecular flexibility index (Phi) is 4.67. The Balaban J connectivity index is 1.92. The van der Waals surface area contributed by atoms with Crippen molar-refractivity contribution < 1.29 is 13.2 Å². The van der Waals surface area contributed by atoms with Crippen LogP contribution in [0.5, 0.6) is 0 Å². The summed E-state index contributed by atoms with van der Waals surface area (Å²) in [5, 5.41) is 11.9. The average Bonchev–Trinajstić information content (AvgIpc) is 2.84. The van der Waals surface area contributed by atoms with Crippen LogP contribution in [0.4, 0.5) is 0 Å². The van der Waals surface area contributed by atoms with E-state index in [1.165, 1.54) is 11.3 Å². The van der Waals surface area contributed by atoms with E-state index in [9.17, 15) is 13.2 Å². The molecule has 0 bridgehead atoms. The molecular weight excluding hydrogens is 310 g/mol. The molecule has 8 heteroatoms. The molecular formula is C13H21N3O3S2. The molecule has 1 aliphatic rings. The average molecular weight is 331 g/mol. The number of hydrogen-bond acceptors (Lipinski definition) is 6. The fourth-order valence-electron chi connectivity index (χ4n) is 2.21. The highest BCUT2D eigenvalue weighted by Crippen LogP contribution is 2.25. The minimum atomic E-state index is -2.94. The quantitative estimate of drug-likeness (QED) is 0.904. The molecule has 0 unspecified atom stereocenters. The van der Waals surface area contributed by atoms with Gasteiger partial charge in [-0.15, -0.1) is 10.2 Å². The first-order chi connectivity index (χ1) is 9.67. The van der Waals surface area contributed by atoms with Crippen molar-refractivity contribution in [2.75, 3.05) is 18.1 Å². The van der Waals surface area contributed by atoms with E-state index in [1.54, 1.807) is 0 Å². The van der Waals surface area contributed by atoms with Gasteiger partial charge in [0.05, 0.1) is 11.5 Å². The van der Waals surface area contributed by atoms with E-state index in [-0.39, 0.29) is 28.7 Å². The molecule has 0 radical (unpaired) electrons. The molecule has 0 aromatic carbocycles. The van der Waals surface area contributed by atoms with Gasteiger partial charge in [0.1, 0.15) is 5.01 Å². The van der Waals surface area contributed by atoms with E-state index in [0.29, 0.717) is 18.0 Å². The Hall–Kier alpha value is -1.02. The number of nitrogens with one attached hydrogen (secondary N) is 1. The molecule has 0 saturated carbocycles. The molecule has 0 aliphatic carbocycles. The zero-order valence-corrected chi connectivity index (χ0v) is 14.2. The second-order valence-electron chi connectivity index (χ2n) is 6.50. The van der Waals surface area contributed by atoms with Crippen molar-refractivity contribution in [3.8, 4) is 0 Å². The summed E-state index contributed by atoms with van der Waals surface area (Å²) in [5.41, 5.74) is -0.131. The first-order valence-corrected chi connectivity index (χ1v) is 9.64. The van der Waals surface area contributed by atoms with E-state index in [0.717, 1.165) is 11.4 Å². The number of carbonyl (C=O) groups is 1. The van der Waals surface area contributed by atoms with Crippen LogP contribution in [0.2, 0.25) is 0 Å². The zero-order valence-electron chi connectivity index (χ0n) is 12.5. The molecule has 1 aromatic rings. The zero-order chi connectivity index (χ0) is 15.7. The highest BCUT2D eigenvalue weighted by Gasteiger charge is 2.26. The highest BCUT2D eigenvalue weighted by atomic mass is 32.2. The van der Waals surface area contributed by atoms with Crippen LogP contribution in [0.15, 0.2) is 0 Å². The molecule has 2 rings (SSSR count). The summed E-state index contributed by atoms with van der Waals surface area (Å²) in [6.07, 6.45) is 1.51. The second kappa shape index (κ2) is 6.00. The maximum atomic E-state index is 12.0. The SMILES string of the molecule is CC(C)(C)c1nnc(C(=O)NC[C@H]2CCCS(=O)(=O)C2)s1. The Bertz CT molecular complexity index is 617. The third kappa shape index (κ3) is 4.47. The van der Waals surface area contributed by atoms with Crippen LogP contribution in [-0.4, -0.2) is 42.6 Å². The van der Waals surface area contributed by atoms with Crippen molar-refractivity contribution in [3.05, 3.63) is 10.0 Å². The van der Waals surface area contributed by atoms with Crippen LogP contribution in [-0.2, 0) is 15.3 Å². The van der Waals surface area contributed by atoms with Crippen LogP contribution in [0.25, 0.3) is 0 Å². The van der Waals surface area contributed by atoms with Crippen LogP contribution in [0.1, 0.15) is 48.4 Å². The first kappa shape index (κ1) is 16.4. The standard InChI is InChI=1S/C13H21N3O3S2/c1-13(2,3)12-16-15-11(20-12)10(17)14-7-9-5-4-6-21(18,19)8-9/h9H,4-8H2,1-3H3,(H,14,17)/t9-/m1/s1. The van der Waals surface area contributed by atoms with Crippen molar-refractivity contribution in [2.45, 2.75) is 39.0 Å². The maximum absolute atomic E-state index is 12.0. The third-order valence-corrected chi connectivity index (χ3v) is 6.61. The number of aromatic nitrogens is 2. The fourth-order valence-corrected chi connectivity index (χ4v) is 4.80. The van der Waals surface area contributed by atoms with E-state index in [2.05, 4.69) is 15.5 Å². The van der Waals surface area contributed by atoms with Crippen LogP contribution >= 0.6 is 11.3 Å². The Morgan fingerprint density at radius 2 is 2.10 bits per heavy atom. The van der Waals surface area contributed by atoms with Gasteiger partial charge in [-0.05, 0) is 18.8 Å². The second-order valence-corrected chi connectivity index (χ2v) is 9.70. The molecule has 118 valence electrons. The molecule has 1 saturated heterocycles. The van der Waals surface area contributed by atoms with E-state index < -0.39 is 9.84 Å². The normalized spacial score (nSPS) is 22.0. The van der Waals surface area contributed by atoms with Gasteiger partial charge in [0.25, 0.3) is 5.91 Å². The van der Waals surface area contributed by atoms with E-state index >= 15 is 0 Å². The summed E-state index contributed by atoms with van der Waals surface area (Å²) in [4.78, 5) is 12.0. The molecule has 1 fully saturated rings. The molecule has 1 amide bonds. The van der Waals surface area contributed by atoms with Crippen molar-refractivity contribution in [1.82, 2.24) is 15.5 Å². The maximum Gasteiger partial charge on any atom is 0.282 e. The van der Waals surface area contributed by atoms with Crippen LogP contribution in [0.3, 0.4) is 0 Å². The molecule has 1 atom stereocenters. The largest absolute Gasteiger partial charge is 0.350 e. The van der Waals surface area contributed by atoms with Crippen LogP contribution < -0.4 is 5.32 Å². The Labute approximate surface area is 129 Å². The van der Waals surface area contributed by atoms with Crippen molar-refractivity contribution in [3.63, 3.8) is 0 Å². The summed E-state index contributed by atoms with van der Waals surface area (Å²) in [5.74, 6) is 0.160. The number of rotatable bonds is 3. The molecule has 1 N–H and O–H groups in total. The lowest BCUT2D eigenvalue weighted by molar-refractivity contribution is 0.0946. The summed E-state index contributed by atoms with van der Waals surface area (Å²) in [6, 6.07) is 0. The molecule has 1 aliphatic heterocycles. The van der Waals surface area contributed by atoms with Gasteiger partial charge in [0.2, 0.25) is 5.01 Å². The minimum Gasteiger partial charge on any atom is -0.350 e. The van der Waals surface area contributed by atoms with Gasteiger partial charge in [-0.2, -0.15) is 0 Å². The Morgan fingerprint density at radius 1 is 1.38 bits per heavy atom. The molecule has 21 heavy (non-hydrogen) atoms. The van der Waals surface area contributed by atoms with Gasteiger partial charge in [0, 0.05) is 12.0 Å². The monoisotopic (exact) mass is 331 g/mol. The number of amides is 1. The van der Waals surface area contributed by atoms with Gasteiger partial charge in [-0.25, -0.2) is 8.42 Å². The predicted molar refractivity (Wildman–Crippen MR) is 82.3 cm³/mol. The molecule has 1 aromatic heterocycles. The fraction of sp³-hybridized carbons (Fsp3) is 0.769. The smallest absolute Gasteiger partial charge is 0.282 e. The van der Waals surface area contributed by atoms with Gasteiger partial charge >= 0.3 is 0 Å². The number of carbonyl (C=O) groups excluding carboxylic acids is 1. The van der Waals surface area contributed by atoms with Gasteiger partial charge < -0.3 is 5.32 Å². The first-order valence-electron chi connectivity index (χ1n) is 7.00.